The maximum absolute atomic E-state index is 13.6. The van der Waals surface area contributed by atoms with Crippen LogP contribution < -0.4 is 4.74 Å². The molecule has 0 N–H and O–H groups in total. The fourth-order valence-electron chi connectivity index (χ4n) is 3.92. The van der Waals surface area contributed by atoms with Gasteiger partial charge in [-0.2, -0.15) is 15.2 Å². The summed E-state index contributed by atoms with van der Waals surface area (Å²) in [7, 11) is 1.60. The van der Waals surface area contributed by atoms with E-state index in [0.29, 0.717) is 29.7 Å². The molecule has 0 bridgehead atoms. The lowest BCUT2D eigenvalue weighted by molar-refractivity contribution is 0.0703. The molecule has 4 heterocycles. The van der Waals surface area contributed by atoms with E-state index in [1.807, 2.05) is 37.3 Å². The molecular weight excluding hydrogens is 410 g/mol. The van der Waals surface area contributed by atoms with Crippen molar-refractivity contribution < 1.29 is 14.1 Å². The smallest absolute Gasteiger partial charge is 0.275 e. The number of carbonyl (C=O) groups is 1. The predicted molar refractivity (Wildman–Crippen MR) is 113 cm³/mol. The molecule has 5 rings (SSSR count). The number of aromatic nitrogens is 6. The van der Waals surface area contributed by atoms with Gasteiger partial charge < -0.3 is 14.2 Å². The first kappa shape index (κ1) is 19.9. The van der Waals surface area contributed by atoms with Crippen LogP contribution in [-0.4, -0.2) is 54.6 Å². The minimum Gasteiger partial charge on any atom is -0.496 e. The van der Waals surface area contributed by atoms with Crippen LogP contribution in [0.15, 0.2) is 53.3 Å². The molecule has 0 aliphatic carbocycles. The van der Waals surface area contributed by atoms with Crippen LogP contribution in [0.1, 0.15) is 41.0 Å². The Kier molecular flexibility index (Phi) is 5.10. The van der Waals surface area contributed by atoms with Gasteiger partial charge in [-0.15, -0.1) is 4.80 Å². The highest BCUT2D eigenvalue weighted by atomic mass is 16.5. The number of rotatable bonds is 5. The molecule has 32 heavy (non-hydrogen) atoms. The molecule has 1 unspecified atom stereocenters. The van der Waals surface area contributed by atoms with Gasteiger partial charge >= 0.3 is 0 Å². The fraction of sp³-hybridized carbons (Fsp3) is 0.273. The number of amides is 1. The van der Waals surface area contributed by atoms with E-state index in [2.05, 4.69) is 25.3 Å². The van der Waals surface area contributed by atoms with E-state index in [0.717, 1.165) is 24.1 Å². The highest BCUT2D eigenvalue weighted by molar-refractivity contribution is 5.96. The molecule has 1 aliphatic rings. The number of hydrogen-bond acceptors (Lipinski definition) is 8. The van der Waals surface area contributed by atoms with Gasteiger partial charge in [0.2, 0.25) is 11.7 Å². The van der Waals surface area contributed by atoms with Crippen molar-refractivity contribution in [3.8, 4) is 22.8 Å². The van der Waals surface area contributed by atoms with Gasteiger partial charge in [0.1, 0.15) is 17.5 Å². The maximum Gasteiger partial charge on any atom is 0.275 e. The summed E-state index contributed by atoms with van der Waals surface area (Å²) in [6, 6.07) is 10.8. The van der Waals surface area contributed by atoms with Crippen molar-refractivity contribution in [3.63, 3.8) is 0 Å². The first-order chi connectivity index (χ1) is 15.7. The number of para-hydroxylation sites is 1. The summed E-state index contributed by atoms with van der Waals surface area (Å²) in [5.41, 5.74) is 2.28. The number of hydrogen-bond donors (Lipinski definition) is 0. The van der Waals surface area contributed by atoms with Crippen molar-refractivity contribution in [1.29, 1.82) is 0 Å². The molecule has 10 nitrogen and oxygen atoms in total. The van der Waals surface area contributed by atoms with Crippen LogP contribution in [0.5, 0.6) is 5.75 Å². The number of carbonyl (C=O) groups excluding carboxylic acids is 1. The van der Waals surface area contributed by atoms with Gasteiger partial charge in [0, 0.05) is 12.2 Å². The number of benzene rings is 1. The molecule has 3 aromatic heterocycles. The largest absolute Gasteiger partial charge is 0.496 e. The van der Waals surface area contributed by atoms with Gasteiger partial charge in [-0.1, -0.05) is 17.3 Å². The van der Waals surface area contributed by atoms with Gasteiger partial charge in [-0.25, -0.2) is 4.98 Å². The third-order valence-electron chi connectivity index (χ3n) is 5.44. The van der Waals surface area contributed by atoms with Gasteiger partial charge in [0.15, 0.2) is 5.69 Å². The molecule has 1 aliphatic heterocycles. The number of nitrogens with zero attached hydrogens (tertiary/aromatic N) is 7. The number of likely N-dealkylation sites (tertiary alicyclic amines) is 1. The van der Waals surface area contributed by atoms with Gasteiger partial charge in [-0.3, -0.25) is 4.79 Å². The van der Waals surface area contributed by atoms with E-state index in [-0.39, 0.29) is 17.6 Å². The van der Waals surface area contributed by atoms with E-state index in [4.69, 9.17) is 9.26 Å². The monoisotopic (exact) mass is 431 g/mol. The fourth-order valence-corrected chi connectivity index (χ4v) is 3.92. The average molecular weight is 431 g/mol. The van der Waals surface area contributed by atoms with Crippen molar-refractivity contribution in [1.82, 2.24) is 35.0 Å². The molecule has 1 saturated heterocycles. The first-order valence-electron chi connectivity index (χ1n) is 10.3. The number of pyridine rings is 1. The lowest BCUT2D eigenvalue weighted by Crippen LogP contribution is -2.32. The number of methoxy groups -OCH3 is 1. The van der Waals surface area contributed by atoms with Crippen LogP contribution in [0.2, 0.25) is 0 Å². The lowest BCUT2D eigenvalue weighted by Gasteiger charge is -2.22. The standard InChI is InChI=1S/C22H21N7O3/c1-14-9-10-16(29-23-11-12-24-29)19(25-14)22(30)28-13-5-7-17(28)21-26-20(27-32-21)15-6-3-4-8-18(15)31-2/h3-4,6,8-12,17H,5,7,13H2,1-2H3. The summed E-state index contributed by atoms with van der Waals surface area (Å²) < 4.78 is 11.0. The Morgan fingerprint density at radius 2 is 1.94 bits per heavy atom. The Morgan fingerprint density at radius 1 is 1.12 bits per heavy atom. The summed E-state index contributed by atoms with van der Waals surface area (Å²) in [6.45, 7) is 2.41. The SMILES string of the molecule is COc1ccccc1-c1noc(C2CCCN2C(=O)c2nc(C)ccc2-n2nccn2)n1. The zero-order valence-electron chi connectivity index (χ0n) is 17.7. The second kappa shape index (κ2) is 8.22. The second-order valence-corrected chi connectivity index (χ2v) is 7.45. The van der Waals surface area contributed by atoms with Crippen molar-refractivity contribution >= 4 is 5.91 Å². The van der Waals surface area contributed by atoms with Gasteiger partial charge in [-0.05, 0) is 44.0 Å². The van der Waals surface area contributed by atoms with E-state index in [1.165, 1.54) is 4.80 Å². The molecular formula is C22H21N7O3. The van der Waals surface area contributed by atoms with Crippen molar-refractivity contribution in [2.24, 2.45) is 0 Å². The predicted octanol–water partition coefficient (Wildman–Crippen LogP) is 3.01. The van der Waals surface area contributed by atoms with Crippen LogP contribution in [0, 0.1) is 6.92 Å². The quantitative estimate of drug-likeness (QED) is 0.474. The summed E-state index contributed by atoms with van der Waals surface area (Å²) in [4.78, 5) is 25.8. The summed E-state index contributed by atoms with van der Waals surface area (Å²) in [6.07, 6.45) is 4.67. The second-order valence-electron chi connectivity index (χ2n) is 7.45. The Bertz CT molecular complexity index is 1250. The van der Waals surface area contributed by atoms with E-state index in [9.17, 15) is 4.79 Å². The molecule has 1 fully saturated rings. The molecule has 1 atom stereocenters. The highest BCUT2D eigenvalue weighted by Gasteiger charge is 2.36. The first-order valence-corrected chi connectivity index (χ1v) is 10.3. The highest BCUT2D eigenvalue weighted by Crippen LogP contribution is 2.35. The van der Waals surface area contributed by atoms with Crippen LogP contribution >= 0.6 is 0 Å². The minimum absolute atomic E-state index is 0.222. The third kappa shape index (κ3) is 3.49. The zero-order chi connectivity index (χ0) is 22.1. The van der Waals surface area contributed by atoms with E-state index in [1.54, 1.807) is 30.5 Å². The van der Waals surface area contributed by atoms with E-state index >= 15 is 0 Å². The minimum atomic E-state index is -0.334. The average Bonchev–Trinajstić information content (AvgIpc) is 3.59. The third-order valence-corrected chi connectivity index (χ3v) is 5.44. The Hall–Kier alpha value is -4.08. The molecule has 0 saturated carbocycles. The molecule has 1 aromatic carbocycles. The summed E-state index contributed by atoms with van der Waals surface area (Å²) in [5.74, 6) is 1.25. The van der Waals surface area contributed by atoms with Gasteiger partial charge in [0.25, 0.3) is 5.91 Å². The molecule has 0 spiro atoms. The molecule has 10 heteroatoms. The normalized spacial score (nSPS) is 15.8. The molecule has 4 aromatic rings. The molecule has 1 amide bonds. The topological polar surface area (TPSA) is 112 Å². The Labute approximate surface area is 183 Å². The molecule has 0 radical (unpaired) electrons. The van der Waals surface area contributed by atoms with Crippen molar-refractivity contribution in [2.45, 2.75) is 25.8 Å². The van der Waals surface area contributed by atoms with Crippen LogP contribution in [0.3, 0.4) is 0 Å². The number of ether oxygens (including phenoxy) is 1. The van der Waals surface area contributed by atoms with Gasteiger partial charge in [0.05, 0.1) is 25.1 Å². The Balaban J connectivity index is 1.47. The zero-order valence-corrected chi connectivity index (χ0v) is 17.7. The Morgan fingerprint density at radius 3 is 2.75 bits per heavy atom. The molecule has 162 valence electrons. The van der Waals surface area contributed by atoms with Crippen LogP contribution in [0.4, 0.5) is 0 Å². The number of aryl methyl sites for hydroxylation is 1. The van der Waals surface area contributed by atoms with E-state index < -0.39 is 0 Å². The summed E-state index contributed by atoms with van der Waals surface area (Å²) in [5, 5.41) is 12.5. The lowest BCUT2D eigenvalue weighted by atomic mass is 10.2. The summed E-state index contributed by atoms with van der Waals surface area (Å²) >= 11 is 0. The van der Waals surface area contributed by atoms with Crippen molar-refractivity contribution in [2.75, 3.05) is 13.7 Å². The van der Waals surface area contributed by atoms with Crippen LogP contribution in [0.25, 0.3) is 17.1 Å². The van der Waals surface area contributed by atoms with Crippen LogP contribution in [-0.2, 0) is 0 Å². The maximum atomic E-state index is 13.6. The van der Waals surface area contributed by atoms with Crippen molar-refractivity contribution in [3.05, 3.63) is 66.1 Å².